The quantitative estimate of drug-likeness (QED) is 0.850. The van der Waals surface area contributed by atoms with E-state index in [1.165, 1.54) is 13.8 Å². The number of halogens is 2. The molecule has 1 aromatic heterocycles. The van der Waals surface area contributed by atoms with Gasteiger partial charge in [-0.3, -0.25) is 0 Å². The Morgan fingerprint density at radius 3 is 2.13 bits per heavy atom. The minimum atomic E-state index is -2.68. The standard InChI is InChI=1S/C10H15F2NO2/c1-5(2)7-6(8(11)12)13-9(15-7)10(3,4)14/h5,8,14H,1-4H3. The van der Waals surface area contributed by atoms with Crippen LogP contribution in [0.1, 0.15) is 57.4 Å². The number of aliphatic hydroxyl groups is 1. The third kappa shape index (κ3) is 2.53. The Balaban J connectivity index is 3.21. The first-order valence-electron chi connectivity index (χ1n) is 4.75. The van der Waals surface area contributed by atoms with Crippen molar-refractivity contribution in [1.82, 2.24) is 4.98 Å². The number of hydrogen-bond acceptors (Lipinski definition) is 3. The molecular formula is C10H15F2NO2. The molecule has 0 saturated carbocycles. The normalized spacial score (nSPS) is 12.9. The molecule has 0 fully saturated rings. The molecule has 0 atom stereocenters. The van der Waals surface area contributed by atoms with Gasteiger partial charge in [-0.15, -0.1) is 0 Å². The van der Waals surface area contributed by atoms with Crippen molar-refractivity contribution in [3.8, 4) is 0 Å². The highest BCUT2D eigenvalue weighted by Gasteiger charge is 2.29. The van der Waals surface area contributed by atoms with Gasteiger partial charge < -0.3 is 9.52 Å². The molecule has 3 nitrogen and oxygen atoms in total. The van der Waals surface area contributed by atoms with Crippen molar-refractivity contribution in [1.29, 1.82) is 0 Å². The van der Waals surface area contributed by atoms with Crippen LogP contribution in [0.3, 0.4) is 0 Å². The minimum absolute atomic E-state index is 0.0681. The lowest BCUT2D eigenvalue weighted by Crippen LogP contribution is -2.15. The van der Waals surface area contributed by atoms with Crippen molar-refractivity contribution in [2.75, 3.05) is 0 Å². The molecule has 0 aliphatic rings. The van der Waals surface area contributed by atoms with E-state index in [1.54, 1.807) is 13.8 Å². The Kier molecular flexibility index (Phi) is 3.13. The third-order valence-electron chi connectivity index (χ3n) is 1.94. The van der Waals surface area contributed by atoms with E-state index in [9.17, 15) is 13.9 Å². The molecule has 0 amide bonds. The van der Waals surface area contributed by atoms with Crippen LogP contribution in [0.2, 0.25) is 0 Å². The molecule has 15 heavy (non-hydrogen) atoms. The average molecular weight is 219 g/mol. The predicted molar refractivity (Wildman–Crippen MR) is 50.8 cm³/mol. The lowest BCUT2D eigenvalue weighted by molar-refractivity contribution is 0.0468. The Morgan fingerprint density at radius 1 is 1.33 bits per heavy atom. The molecule has 0 unspecified atom stereocenters. The van der Waals surface area contributed by atoms with Crippen molar-refractivity contribution in [3.05, 3.63) is 17.3 Å². The van der Waals surface area contributed by atoms with Crippen LogP contribution in [0.5, 0.6) is 0 Å². The van der Waals surface area contributed by atoms with E-state index >= 15 is 0 Å². The second-order valence-electron chi connectivity index (χ2n) is 4.28. The molecule has 0 radical (unpaired) electrons. The van der Waals surface area contributed by atoms with Gasteiger partial charge in [0.2, 0.25) is 5.89 Å². The van der Waals surface area contributed by atoms with Gasteiger partial charge in [-0.25, -0.2) is 13.8 Å². The van der Waals surface area contributed by atoms with Crippen LogP contribution in [0.4, 0.5) is 8.78 Å². The van der Waals surface area contributed by atoms with E-state index in [1.807, 2.05) is 0 Å². The van der Waals surface area contributed by atoms with E-state index in [-0.39, 0.29) is 23.3 Å². The van der Waals surface area contributed by atoms with Crippen LogP contribution >= 0.6 is 0 Å². The predicted octanol–water partition coefficient (Wildman–Crippen LogP) is 2.96. The number of rotatable bonds is 3. The molecule has 0 saturated heterocycles. The fraction of sp³-hybridized carbons (Fsp3) is 0.700. The molecule has 5 heteroatoms. The van der Waals surface area contributed by atoms with E-state index in [0.717, 1.165) is 0 Å². The summed E-state index contributed by atoms with van der Waals surface area (Å²) in [5.74, 6) is -0.110. The molecule has 86 valence electrons. The van der Waals surface area contributed by atoms with Gasteiger partial charge in [-0.1, -0.05) is 13.8 Å². The number of oxazole rings is 1. The van der Waals surface area contributed by atoms with E-state index in [4.69, 9.17) is 4.42 Å². The number of nitrogens with zero attached hydrogens (tertiary/aromatic N) is 1. The maximum Gasteiger partial charge on any atom is 0.283 e. The summed E-state index contributed by atoms with van der Waals surface area (Å²) in [4.78, 5) is 3.64. The second-order valence-corrected chi connectivity index (χ2v) is 4.28. The fourth-order valence-electron chi connectivity index (χ4n) is 1.18. The first kappa shape index (κ1) is 12.1. The fourth-order valence-corrected chi connectivity index (χ4v) is 1.18. The van der Waals surface area contributed by atoms with Gasteiger partial charge in [-0.2, -0.15) is 0 Å². The molecular weight excluding hydrogens is 204 g/mol. The first-order chi connectivity index (χ1) is 6.73. The lowest BCUT2D eigenvalue weighted by Gasteiger charge is -2.11. The van der Waals surface area contributed by atoms with Crippen LogP contribution in [-0.4, -0.2) is 10.1 Å². The average Bonchev–Trinajstić information content (AvgIpc) is 2.45. The molecule has 1 N–H and O–H groups in total. The topological polar surface area (TPSA) is 46.3 Å². The minimum Gasteiger partial charge on any atom is -0.442 e. The van der Waals surface area contributed by atoms with E-state index in [2.05, 4.69) is 4.98 Å². The van der Waals surface area contributed by atoms with Gasteiger partial charge in [-0.05, 0) is 13.8 Å². The molecule has 0 aliphatic carbocycles. The van der Waals surface area contributed by atoms with Crippen molar-refractivity contribution >= 4 is 0 Å². The van der Waals surface area contributed by atoms with Gasteiger partial charge in [0, 0.05) is 5.92 Å². The van der Waals surface area contributed by atoms with E-state index in [0.29, 0.717) is 0 Å². The number of aromatic nitrogens is 1. The highest BCUT2D eigenvalue weighted by molar-refractivity contribution is 5.16. The van der Waals surface area contributed by atoms with Gasteiger partial charge in [0.15, 0.2) is 0 Å². The molecule has 0 bridgehead atoms. The van der Waals surface area contributed by atoms with Crippen LogP contribution < -0.4 is 0 Å². The summed E-state index contributed by atoms with van der Waals surface area (Å²) in [6, 6.07) is 0. The smallest absolute Gasteiger partial charge is 0.283 e. The zero-order chi connectivity index (χ0) is 11.8. The van der Waals surface area contributed by atoms with Crippen molar-refractivity contribution in [2.45, 2.75) is 45.6 Å². The maximum atomic E-state index is 12.6. The summed E-state index contributed by atoms with van der Waals surface area (Å²) < 4.78 is 30.3. The first-order valence-corrected chi connectivity index (χ1v) is 4.75. The maximum absolute atomic E-state index is 12.6. The van der Waals surface area contributed by atoms with E-state index < -0.39 is 12.0 Å². The Labute approximate surface area is 87.1 Å². The largest absolute Gasteiger partial charge is 0.442 e. The van der Waals surface area contributed by atoms with Crippen molar-refractivity contribution < 1.29 is 18.3 Å². The zero-order valence-electron chi connectivity index (χ0n) is 9.21. The van der Waals surface area contributed by atoms with Crippen LogP contribution in [0.25, 0.3) is 0 Å². The third-order valence-corrected chi connectivity index (χ3v) is 1.94. The zero-order valence-corrected chi connectivity index (χ0v) is 9.21. The number of alkyl halides is 2. The summed E-state index contributed by atoms with van der Waals surface area (Å²) in [6.45, 7) is 6.36. The summed E-state index contributed by atoms with van der Waals surface area (Å²) >= 11 is 0. The monoisotopic (exact) mass is 219 g/mol. The molecule has 0 aromatic carbocycles. The summed E-state index contributed by atoms with van der Waals surface area (Å²) in [6.07, 6.45) is -2.68. The van der Waals surface area contributed by atoms with Gasteiger partial charge >= 0.3 is 0 Å². The molecule has 0 aliphatic heterocycles. The second kappa shape index (κ2) is 3.89. The summed E-state index contributed by atoms with van der Waals surface area (Å²) in [7, 11) is 0. The molecule has 1 heterocycles. The Bertz CT molecular complexity index is 314. The van der Waals surface area contributed by atoms with Crippen LogP contribution in [0.15, 0.2) is 4.42 Å². The van der Waals surface area contributed by atoms with Crippen LogP contribution in [-0.2, 0) is 5.60 Å². The lowest BCUT2D eigenvalue weighted by atomic mass is 10.1. The van der Waals surface area contributed by atoms with Crippen molar-refractivity contribution in [2.24, 2.45) is 0 Å². The highest BCUT2D eigenvalue weighted by Crippen LogP contribution is 2.32. The molecule has 1 aromatic rings. The van der Waals surface area contributed by atoms with Crippen LogP contribution in [0, 0.1) is 0 Å². The Morgan fingerprint density at radius 2 is 1.87 bits per heavy atom. The molecule has 0 spiro atoms. The SMILES string of the molecule is CC(C)c1oc(C(C)(C)O)nc1C(F)F. The van der Waals surface area contributed by atoms with Gasteiger partial charge in [0.1, 0.15) is 17.1 Å². The number of hydrogen-bond donors (Lipinski definition) is 1. The van der Waals surface area contributed by atoms with Gasteiger partial charge in [0.05, 0.1) is 0 Å². The summed E-state index contributed by atoms with van der Waals surface area (Å²) in [5, 5.41) is 9.59. The van der Waals surface area contributed by atoms with Crippen molar-refractivity contribution in [3.63, 3.8) is 0 Å². The van der Waals surface area contributed by atoms with Gasteiger partial charge in [0.25, 0.3) is 6.43 Å². The molecule has 1 rings (SSSR count). The Hall–Kier alpha value is -0.970. The highest BCUT2D eigenvalue weighted by atomic mass is 19.3. The summed E-state index contributed by atoms with van der Waals surface area (Å²) in [5.41, 5.74) is -1.71.